The van der Waals surface area contributed by atoms with Gasteiger partial charge in [-0.05, 0) is 48.1 Å². The van der Waals surface area contributed by atoms with Crippen LogP contribution in [0.4, 0.5) is 0 Å². The lowest BCUT2D eigenvalue weighted by Gasteiger charge is -2.25. The highest BCUT2D eigenvalue weighted by atomic mass is 35.5. The first-order valence-electron chi connectivity index (χ1n) is 7.47. The topological polar surface area (TPSA) is 35.2 Å². The third-order valence-electron chi connectivity index (χ3n) is 4.17. The lowest BCUT2D eigenvalue weighted by atomic mass is 9.83. The molecule has 1 unspecified atom stereocenters. The maximum Gasteiger partial charge on any atom is 0.137 e. The van der Waals surface area contributed by atoms with Gasteiger partial charge in [0.1, 0.15) is 5.75 Å². The highest BCUT2D eigenvalue weighted by molar-refractivity contribution is 6.32. The van der Waals surface area contributed by atoms with Crippen molar-refractivity contribution in [3.8, 4) is 5.75 Å². The summed E-state index contributed by atoms with van der Waals surface area (Å²) in [7, 11) is 0. The number of rotatable bonds is 4. The molecule has 0 fully saturated rings. The number of benzene rings is 2. The van der Waals surface area contributed by atoms with Crippen molar-refractivity contribution in [1.29, 1.82) is 0 Å². The van der Waals surface area contributed by atoms with Crippen LogP contribution < -0.4 is 10.5 Å². The minimum atomic E-state index is 0.459. The molecule has 1 aliphatic rings. The normalized spacial score (nSPS) is 17.3. The third-order valence-corrected chi connectivity index (χ3v) is 4.46. The van der Waals surface area contributed by atoms with Gasteiger partial charge in [0, 0.05) is 12.5 Å². The predicted molar refractivity (Wildman–Crippen MR) is 87.0 cm³/mol. The lowest BCUT2D eigenvalue weighted by Crippen LogP contribution is -2.16. The van der Waals surface area contributed by atoms with Crippen LogP contribution in [-0.2, 0) is 13.0 Å². The van der Waals surface area contributed by atoms with Crippen molar-refractivity contribution < 1.29 is 4.74 Å². The van der Waals surface area contributed by atoms with Gasteiger partial charge in [-0.2, -0.15) is 0 Å². The molecule has 2 N–H and O–H groups in total. The smallest absolute Gasteiger partial charge is 0.137 e. The van der Waals surface area contributed by atoms with E-state index in [1.807, 2.05) is 18.2 Å². The molecule has 110 valence electrons. The number of hydrogen-bond acceptors (Lipinski definition) is 2. The zero-order valence-corrected chi connectivity index (χ0v) is 12.8. The number of nitrogens with two attached hydrogens (primary N) is 1. The van der Waals surface area contributed by atoms with Gasteiger partial charge >= 0.3 is 0 Å². The summed E-state index contributed by atoms with van der Waals surface area (Å²) in [6.45, 7) is 1.18. The number of ether oxygens (including phenoxy) is 1. The molecular weight excluding hydrogens is 282 g/mol. The molecule has 0 amide bonds. The second-order valence-electron chi connectivity index (χ2n) is 5.57. The number of fused-ring (bicyclic) bond motifs is 1. The van der Waals surface area contributed by atoms with Gasteiger partial charge in [-0.3, -0.25) is 0 Å². The highest BCUT2D eigenvalue weighted by Gasteiger charge is 2.20. The molecule has 0 heterocycles. The summed E-state index contributed by atoms with van der Waals surface area (Å²) in [5, 5.41) is 0.641. The fraction of sp³-hybridized carbons (Fsp3) is 0.333. The van der Waals surface area contributed by atoms with Crippen molar-refractivity contribution in [2.45, 2.75) is 31.7 Å². The monoisotopic (exact) mass is 301 g/mol. The second kappa shape index (κ2) is 6.50. The average Bonchev–Trinajstić information content (AvgIpc) is 2.53. The van der Waals surface area contributed by atoms with Gasteiger partial charge in [0.25, 0.3) is 0 Å². The van der Waals surface area contributed by atoms with E-state index < -0.39 is 0 Å². The van der Waals surface area contributed by atoms with Crippen LogP contribution in [0.15, 0.2) is 42.5 Å². The quantitative estimate of drug-likeness (QED) is 0.914. The first-order valence-corrected chi connectivity index (χ1v) is 7.85. The van der Waals surface area contributed by atoms with Gasteiger partial charge in [0.15, 0.2) is 0 Å². The average molecular weight is 302 g/mol. The van der Waals surface area contributed by atoms with Gasteiger partial charge in [-0.15, -0.1) is 0 Å². The van der Waals surface area contributed by atoms with Gasteiger partial charge in [0.05, 0.1) is 11.6 Å². The number of halogens is 1. The van der Waals surface area contributed by atoms with E-state index >= 15 is 0 Å². The van der Waals surface area contributed by atoms with E-state index in [1.54, 1.807) is 0 Å². The molecule has 0 radical (unpaired) electrons. The largest absolute Gasteiger partial charge is 0.491 e. The SMILES string of the molecule is NCc1ccc(OCC2CCCc3ccccc32)c(Cl)c1. The molecule has 1 aliphatic carbocycles. The molecular formula is C18H20ClNO. The first-order chi connectivity index (χ1) is 10.3. The molecule has 1 atom stereocenters. The Hall–Kier alpha value is -1.51. The van der Waals surface area contributed by atoms with Crippen LogP contribution in [0.25, 0.3) is 0 Å². The van der Waals surface area contributed by atoms with Crippen molar-refractivity contribution in [3.05, 3.63) is 64.2 Å². The van der Waals surface area contributed by atoms with Crippen LogP contribution in [0, 0.1) is 0 Å². The third kappa shape index (κ3) is 3.22. The molecule has 3 rings (SSSR count). The summed E-state index contributed by atoms with van der Waals surface area (Å²) in [5.41, 5.74) is 9.53. The van der Waals surface area contributed by atoms with E-state index in [4.69, 9.17) is 22.1 Å². The van der Waals surface area contributed by atoms with Crippen molar-refractivity contribution in [2.75, 3.05) is 6.61 Å². The summed E-state index contributed by atoms with van der Waals surface area (Å²) in [6, 6.07) is 14.4. The fourth-order valence-electron chi connectivity index (χ4n) is 3.01. The molecule has 0 aromatic heterocycles. The molecule has 2 nitrogen and oxygen atoms in total. The predicted octanol–water partition coefficient (Wildman–Crippen LogP) is 4.30. The zero-order valence-electron chi connectivity index (χ0n) is 12.0. The second-order valence-corrected chi connectivity index (χ2v) is 5.98. The maximum atomic E-state index is 6.25. The summed E-state index contributed by atoms with van der Waals surface area (Å²) >= 11 is 6.25. The highest BCUT2D eigenvalue weighted by Crippen LogP contribution is 2.33. The first kappa shape index (κ1) is 14.4. The lowest BCUT2D eigenvalue weighted by molar-refractivity contribution is 0.275. The summed E-state index contributed by atoms with van der Waals surface area (Å²) in [6.07, 6.45) is 3.58. The Morgan fingerprint density at radius 3 is 2.86 bits per heavy atom. The molecule has 21 heavy (non-hydrogen) atoms. The number of aryl methyl sites for hydroxylation is 1. The van der Waals surface area contributed by atoms with E-state index in [9.17, 15) is 0 Å². The minimum absolute atomic E-state index is 0.459. The maximum absolute atomic E-state index is 6.25. The summed E-state index contributed by atoms with van der Waals surface area (Å²) < 4.78 is 5.96. The van der Waals surface area contributed by atoms with Gasteiger partial charge in [-0.25, -0.2) is 0 Å². The van der Waals surface area contributed by atoms with Crippen molar-refractivity contribution >= 4 is 11.6 Å². The fourth-order valence-corrected chi connectivity index (χ4v) is 3.26. The molecule has 2 aromatic carbocycles. The van der Waals surface area contributed by atoms with Crippen LogP contribution >= 0.6 is 11.6 Å². The van der Waals surface area contributed by atoms with E-state index in [0.717, 1.165) is 11.3 Å². The van der Waals surface area contributed by atoms with Crippen LogP contribution in [0.2, 0.25) is 5.02 Å². The molecule has 0 bridgehead atoms. The van der Waals surface area contributed by atoms with Crippen molar-refractivity contribution in [2.24, 2.45) is 5.73 Å². The Morgan fingerprint density at radius 1 is 1.19 bits per heavy atom. The zero-order chi connectivity index (χ0) is 14.7. The Morgan fingerprint density at radius 2 is 2.05 bits per heavy atom. The number of hydrogen-bond donors (Lipinski definition) is 1. The van der Waals surface area contributed by atoms with Crippen LogP contribution in [0.1, 0.15) is 35.4 Å². The Bertz CT molecular complexity index is 626. The van der Waals surface area contributed by atoms with Crippen molar-refractivity contribution in [1.82, 2.24) is 0 Å². The van der Waals surface area contributed by atoms with Crippen LogP contribution in [0.5, 0.6) is 5.75 Å². The van der Waals surface area contributed by atoms with E-state index in [1.165, 1.54) is 30.4 Å². The van der Waals surface area contributed by atoms with Gasteiger partial charge < -0.3 is 10.5 Å². The Kier molecular flexibility index (Phi) is 4.47. The molecule has 2 aromatic rings. The van der Waals surface area contributed by atoms with Crippen LogP contribution in [0.3, 0.4) is 0 Å². The molecule has 0 saturated carbocycles. The minimum Gasteiger partial charge on any atom is -0.491 e. The Labute approximate surface area is 130 Å². The molecule has 0 spiro atoms. The van der Waals surface area contributed by atoms with Crippen LogP contribution in [-0.4, -0.2) is 6.61 Å². The van der Waals surface area contributed by atoms with Crippen molar-refractivity contribution in [3.63, 3.8) is 0 Å². The van der Waals surface area contributed by atoms with E-state index in [0.29, 0.717) is 24.1 Å². The molecule has 0 aliphatic heterocycles. The molecule has 0 saturated heterocycles. The van der Waals surface area contributed by atoms with Gasteiger partial charge in [-0.1, -0.05) is 41.9 Å². The Balaban J connectivity index is 1.71. The van der Waals surface area contributed by atoms with E-state index in [2.05, 4.69) is 24.3 Å². The molecule has 3 heteroatoms. The summed E-state index contributed by atoms with van der Waals surface area (Å²) in [5.74, 6) is 1.21. The summed E-state index contributed by atoms with van der Waals surface area (Å²) in [4.78, 5) is 0. The van der Waals surface area contributed by atoms with Gasteiger partial charge in [0.2, 0.25) is 0 Å². The standard InChI is InChI=1S/C18H20ClNO/c19-17-10-13(11-20)8-9-18(17)21-12-15-6-3-5-14-4-1-2-7-16(14)15/h1-2,4,7-10,15H,3,5-6,11-12,20H2. The van der Waals surface area contributed by atoms with E-state index in [-0.39, 0.29) is 0 Å².